The topological polar surface area (TPSA) is 31.8 Å². The number of anilines is 1. The van der Waals surface area contributed by atoms with Crippen LogP contribution in [0.3, 0.4) is 0 Å². The second-order valence-corrected chi connectivity index (χ2v) is 10.6. The zero-order chi connectivity index (χ0) is 21.6. The van der Waals surface area contributed by atoms with Crippen LogP contribution in [-0.2, 0) is 17.8 Å². The molecule has 170 valence electrons. The highest BCUT2D eigenvalue weighted by Gasteiger charge is 2.25. The van der Waals surface area contributed by atoms with E-state index in [2.05, 4.69) is 71.2 Å². The monoisotopic (exact) mass is 442 g/mol. The van der Waals surface area contributed by atoms with Gasteiger partial charge >= 0.3 is 0 Å². The second-order valence-electron chi connectivity index (χ2n) is 9.48. The van der Waals surface area contributed by atoms with Crippen molar-refractivity contribution in [3.05, 3.63) is 46.5 Å². The maximum atomic E-state index is 5.98. The predicted octanol–water partition coefficient (Wildman–Crippen LogP) is 4.41. The van der Waals surface area contributed by atoms with Gasteiger partial charge in [-0.3, -0.25) is 9.80 Å². The van der Waals surface area contributed by atoms with Crippen LogP contribution < -0.4 is 4.90 Å². The maximum absolute atomic E-state index is 5.98. The summed E-state index contributed by atoms with van der Waals surface area (Å²) >= 11 is 1.82. The van der Waals surface area contributed by atoms with E-state index in [1.165, 1.54) is 61.3 Å². The maximum Gasteiger partial charge on any atom is 0.185 e. The number of hydrogen-bond donors (Lipinski definition) is 0. The zero-order valence-corrected chi connectivity index (χ0v) is 20.2. The molecule has 2 aliphatic rings. The fourth-order valence-electron chi connectivity index (χ4n) is 4.80. The second kappa shape index (κ2) is 10.9. The minimum Gasteiger partial charge on any atom is -0.377 e. The van der Waals surface area contributed by atoms with Crippen molar-refractivity contribution < 1.29 is 4.74 Å². The number of nitrogens with zero attached hydrogens (tertiary/aromatic N) is 4. The molecule has 1 aromatic carbocycles. The molecule has 0 bridgehead atoms. The summed E-state index contributed by atoms with van der Waals surface area (Å²) in [5.41, 5.74) is 2.89. The smallest absolute Gasteiger partial charge is 0.185 e. The summed E-state index contributed by atoms with van der Waals surface area (Å²) in [6.45, 7) is 9.89. The van der Waals surface area contributed by atoms with Crippen molar-refractivity contribution in [3.8, 4) is 0 Å². The number of rotatable bonds is 9. The van der Waals surface area contributed by atoms with E-state index in [1.807, 2.05) is 11.3 Å². The van der Waals surface area contributed by atoms with Gasteiger partial charge in [0.15, 0.2) is 5.13 Å². The average molecular weight is 443 g/mol. The van der Waals surface area contributed by atoms with Gasteiger partial charge in [-0.1, -0.05) is 24.3 Å². The Kier molecular flexibility index (Phi) is 7.99. The fraction of sp³-hybridized carbons (Fsp3) is 0.640. The van der Waals surface area contributed by atoms with Crippen molar-refractivity contribution in [2.24, 2.45) is 5.92 Å². The van der Waals surface area contributed by atoms with Gasteiger partial charge in [0.2, 0.25) is 0 Å². The molecule has 2 fully saturated rings. The lowest BCUT2D eigenvalue weighted by Crippen LogP contribution is -2.40. The first-order chi connectivity index (χ1) is 15.1. The third-order valence-corrected chi connectivity index (χ3v) is 7.82. The lowest BCUT2D eigenvalue weighted by atomic mass is 9.95. The summed E-state index contributed by atoms with van der Waals surface area (Å²) in [5, 5.41) is 1.09. The number of piperidine rings is 1. The highest BCUT2D eigenvalue weighted by Crippen LogP contribution is 2.26. The number of ether oxygens (including phenoxy) is 1. The average Bonchev–Trinajstić information content (AvgIpc) is 3.43. The Balaban J connectivity index is 1.31. The normalized spacial score (nSPS) is 20.6. The molecule has 1 atom stereocenters. The van der Waals surface area contributed by atoms with Crippen molar-refractivity contribution in [2.45, 2.75) is 51.8 Å². The Morgan fingerprint density at radius 2 is 1.94 bits per heavy atom. The van der Waals surface area contributed by atoms with E-state index in [0.29, 0.717) is 6.10 Å². The van der Waals surface area contributed by atoms with E-state index >= 15 is 0 Å². The Labute approximate surface area is 192 Å². The van der Waals surface area contributed by atoms with Crippen molar-refractivity contribution in [1.82, 2.24) is 14.8 Å². The molecule has 3 heterocycles. The first-order valence-electron chi connectivity index (χ1n) is 11.8. The van der Waals surface area contributed by atoms with Crippen LogP contribution in [0.4, 0.5) is 5.13 Å². The minimum absolute atomic E-state index is 0.405. The SMILES string of the molecule is Cc1ccccc1CN1CCC(CN(Cc2cnc(N(C)C)s2)CC2CCCO2)CC1. The molecule has 0 aliphatic carbocycles. The Hall–Kier alpha value is -1.47. The quantitative estimate of drug-likeness (QED) is 0.574. The van der Waals surface area contributed by atoms with E-state index in [4.69, 9.17) is 4.74 Å². The van der Waals surface area contributed by atoms with Crippen LogP contribution in [0, 0.1) is 12.8 Å². The summed E-state index contributed by atoms with van der Waals surface area (Å²) in [6, 6.07) is 8.81. The molecule has 2 aromatic rings. The Bertz CT molecular complexity index is 809. The van der Waals surface area contributed by atoms with Crippen molar-refractivity contribution in [2.75, 3.05) is 51.8 Å². The summed E-state index contributed by atoms with van der Waals surface area (Å²) < 4.78 is 5.98. The summed E-state index contributed by atoms with van der Waals surface area (Å²) in [6.07, 6.45) is 7.47. The first kappa shape index (κ1) is 22.7. The number of aromatic nitrogens is 1. The number of benzene rings is 1. The van der Waals surface area contributed by atoms with Gasteiger partial charge in [0.25, 0.3) is 0 Å². The van der Waals surface area contributed by atoms with E-state index < -0.39 is 0 Å². The van der Waals surface area contributed by atoms with Crippen LogP contribution >= 0.6 is 11.3 Å². The van der Waals surface area contributed by atoms with Gasteiger partial charge < -0.3 is 9.64 Å². The van der Waals surface area contributed by atoms with Crippen molar-refractivity contribution >= 4 is 16.5 Å². The van der Waals surface area contributed by atoms with Crippen LogP contribution in [0.15, 0.2) is 30.5 Å². The van der Waals surface area contributed by atoms with E-state index in [1.54, 1.807) is 0 Å². The van der Waals surface area contributed by atoms with Gasteiger partial charge in [0.1, 0.15) is 0 Å². The molecular weight excluding hydrogens is 404 g/mol. The van der Waals surface area contributed by atoms with Crippen molar-refractivity contribution in [3.63, 3.8) is 0 Å². The van der Waals surface area contributed by atoms with Gasteiger partial charge in [-0.2, -0.15) is 0 Å². The number of thiazole rings is 1. The molecule has 0 N–H and O–H groups in total. The van der Waals surface area contributed by atoms with Gasteiger partial charge in [0.05, 0.1) is 6.10 Å². The molecule has 0 saturated carbocycles. The molecule has 6 heteroatoms. The van der Waals surface area contributed by atoms with Crippen LogP contribution in [0.1, 0.15) is 41.7 Å². The van der Waals surface area contributed by atoms with Crippen LogP contribution in [0.2, 0.25) is 0 Å². The molecule has 1 aromatic heterocycles. The molecule has 0 amide bonds. The van der Waals surface area contributed by atoms with Gasteiger partial charge in [-0.05, 0) is 62.7 Å². The summed E-state index contributed by atoms with van der Waals surface area (Å²) in [7, 11) is 4.13. The molecule has 0 radical (unpaired) electrons. The molecule has 4 rings (SSSR count). The van der Waals surface area contributed by atoms with Gasteiger partial charge in [0, 0.05) is 58.0 Å². The predicted molar refractivity (Wildman–Crippen MR) is 130 cm³/mol. The highest BCUT2D eigenvalue weighted by atomic mass is 32.1. The molecule has 31 heavy (non-hydrogen) atoms. The zero-order valence-electron chi connectivity index (χ0n) is 19.4. The molecular formula is C25H38N4OS. The standard InChI is InChI=1S/C25H38N4OS/c1-20-7-4-5-8-22(20)17-28-12-10-21(11-13-28)16-29(18-23-9-6-14-30-23)19-24-15-26-25(31-24)27(2)3/h4-5,7-8,15,21,23H,6,9-14,16-19H2,1-3H3. The largest absolute Gasteiger partial charge is 0.377 e. The Morgan fingerprint density at radius 3 is 2.61 bits per heavy atom. The van der Waals surface area contributed by atoms with Gasteiger partial charge in [-0.25, -0.2) is 4.98 Å². The van der Waals surface area contributed by atoms with E-state index in [-0.39, 0.29) is 0 Å². The van der Waals surface area contributed by atoms with Crippen LogP contribution in [0.5, 0.6) is 0 Å². The lowest BCUT2D eigenvalue weighted by molar-refractivity contribution is 0.0573. The van der Waals surface area contributed by atoms with Crippen LogP contribution in [0.25, 0.3) is 0 Å². The molecule has 0 spiro atoms. The molecule has 2 saturated heterocycles. The minimum atomic E-state index is 0.405. The molecule has 2 aliphatic heterocycles. The number of likely N-dealkylation sites (tertiary alicyclic amines) is 1. The molecule has 5 nitrogen and oxygen atoms in total. The van der Waals surface area contributed by atoms with Gasteiger partial charge in [-0.15, -0.1) is 11.3 Å². The third kappa shape index (κ3) is 6.51. The van der Waals surface area contributed by atoms with E-state index in [0.717, 1.165) is 37.3 Å². The summed E-state index contributed by atoms with van der Waals surface area (Å²) in [5.74, 6) is 0.774. The highest BCUT2D eigenvalue weighted by molar-refractivity contribution is 7.15. The fourth-order valence-corrected chi connectivity index (χ4v) is 5.67. The first-order valence-corrected chi connectivity index (χ1v) is 12.6. The van der Waals surface area contributed by atoms with E-state index in [9.17, 15) is 0 Å². The Morgan fingerprint density at radius 1 is 1.13 bits per heavy atom. The number of aryl methyl sites for hydroxylation is 1. The van der Waals surface area contributed by atoms with Crippen molar-refractivity contribution in [1.29, 1.82) is 0 Å². The third-order valence-electron chi connectivity index (χ3n) is 6.67. The lowest BCUT2D eigenvalue weighted by Gasteiger charge is -2.35. The molecule has 1 unspecified atom stereocenters. The number of hydrogen-bond acceptors (Lipinski definition) is 6. The summed E-state index contributed by atoms with van der Waals surface area (Å²) in [4.78, 5) is 13.3. The van der Waals surface area contributed by atoms with Crippen LogP contribution in [-0.4, -0.2) is 67.8 Å².